The lowest BCUT2D eigenvalue weighted by Crippen LogP contribution is -2.03. The number of benzene rings is 2. The Morgan fingerprint density at radius 1 is 0.389 bits per heavy atom. The number of hydrogen-bond acceptors (Lipinski definition) is 0. The second-order valence-electron chi connectivity index (χ2n) is 17.0. The molecule has 302 valence electrons. The number of hydrogen-bond donors (Lipinski definition) is 0. The monoisotopic (exact) mass is 737 g/mol. The Labute approximate surface area is 335 Å². The third-order valence-corrected chi connectivity index (χ3v) is 12.1. The van der Waals surface area contributed by atoms with E-state index in [1.54, 1.807) is 4.70 Å². The molecule has 3 rings (SSSR count). The van der Waals surface area contributed by atoms with Gasteiger partial charge in [0.2, 0.25) is 11.4 Å². The molecule has 1 aliphatic rings. The number of allylic oxidation sites excluding steroid dienone is 2. The normalized spacial score (nSPS) is 13.2. The fraction of sp³-hybridized carbons (Fsp3) is 0.692. The maximum absolute atomic E-state index is 12.0. The van der Waals surface area contributed by atoms with E-state index in [9.17, 15) is 5.53 Å². The lowest BCUT2D eigenvalue weighted by Gasteiger charge is -2.12. The average molecular weight is 737 g/mol. The van der Waals surface area contributed by atoms with Gasteiger partial charge in [-0.25, -0.2) is 4.70 Å². The minimum absolute atomic E-state index is 0.979. The van der Waals surface area contributed by atoms with E-state index < -0.39 is 0 Å². The Bertz CT molecular complexity index is 1350. The third kappa shape index (κ3) is 18.0. The molecule has 0 saturated carbocycles. The van der Waals surface area contributed by atoms with Gasteiger partial charge in [0.25, 0.3) is 0 Å². The van der Waals surface area contributed by atoms with Crippen molar-refractivity contribution in [2.75, 3.05) is 0 Å². The van der Waals surface area contributed by atoms with Crippen LogP contribution in [0.2, 0.25) is 0 Å². The van der Waals surface area contributed by atoms with Gasteiger partial charge in [-0.15, -0.1) is 0 Å². The predicted octanol–water partition coefficient (Wildman–Crippen LogP) is 17.7. The molecule has 2 aromatic rings. The molecule has 0 spiro atoms. The Kier molecular flexibility index (Phi) is 25.3. The molecule has 0 amide bonds. The summed E-state index contributed by atoms with van der Waals surface area (Å²) in [5, 5.41) is 0. The second kappa shape index (κ2) is 29.8. The highest BCUT2D eigenvalue weighted by molar-refractivity contribution is 5.81. The molecule has 0 aliphatic carbocycles. The van der Waals surface area contributed by atoms with Gasteiger partial charge >= 0.3 is 0 Å². The van der Waals surface area contributed by atoms with E-state index in [-0.39, 0.29) is 0 Å². The first-order valence-electron chi connectivity index (χ1n) is 23.7. The zero-order valence-corrected chi connectivity index (χ0v) is 36.1. The molecule has 0 saturated heterocycles. The molecule has 2 nitrogen and oxygen atoms in total. The van der Waals surface area contributed by atoms with E-state index >= 15 is 0 Å². The number of rotatable bonds is 34. The molecule has 0 radical (unpaired) electrons. The van der Waals surface area contributed by atoms with Crippen LogP contribution < -0.4 is 0 Å². The fourth-order valence-electron chi connectivity index (χ4n) is 8.65. The number of aryl methyl sites for hydroxylation is 2. The summed E-state index contributed by atoms with van der Waals surface area (Å²) in [7, 11) is 0. The molecular formula is C52H84N2. The van der Waals surface area contributed by atoms with Crippen LogP contribution in [-0.2, 0) is 12.8 Å². The minimum Gasteiger partial charge on any atom is -0.493 e. The maximum atomic E-state index is 12.0. The van der Waals surface area contributed by atoms with Crippen LogP contribution in [0.25, 0.3) is 16.9 Å². The molecule has 0 aromatic heterocycles. The van der Waals surface area contributed by atoms with Crippen molar-refractivity contribution in [1.29, 1.82) is 0 Å². The van der Waals surface area contributed by atoms with Gasteiger partial charge in [-0.05, 0) is 80.8 Å². The van der Waals surface area contributed by atoms with Gasteiger partial charge in [0.1, 0.15) is 0 Å². The molecule has 2 heteroatoms. The summed E-state index contributed by atoms with van der Waals surface area (Å²) in [5.74, 6) is 0. The Hall–Kier alpha value is -2.48. The van der Waals surface area contributed by atoms with Crippen LogP contribution in [0.1, 0.15) is 243 Å². The summed E-state index contributed by atoms with van der Waals surface area (Å²) in [6, 6.07) is 18.0. The van der Waals surface area contributed by atoms with Crippen molar-refractivity contribution >= 4 is 11.4 Å². The lowest BCUT2D eigenvalue weighted by atomic mass is 9.94. The van der Waals surface area contributed by atoms with E-state index in [1.807, 2.05) is 0 Å². The molecule has 0 atom stereocenters. The first-order chi connectivity index (χ1) is 26.6. The smallest absolute Gasteiger partial charge is 0.211 e. The fourth-order valence-corrected chi connectivity index (χ4v) is 8.65. The van der Waals surface area contributed by atoms with Gasteiger partial charge in [0.05, 0.1) is 0 Å². The molecule has 0 unspecified atom stereocenters. The Morgan fingerprint density at radius 2 is 0.704 bits per heavy atom. The van der Waals surface area contributed by atoms with E-state index in [4.69, 9.17) is 0 Å². The van der Waals surface area contributed by atoms with Crippen molar-refractivity contribution in [1.82, 2.24) is 0 Å². The van der Waals surface area contributed by atoms with Crippen LogP contribution in [0.4, 0.5) is 0 Å². The lowest BCUT2D eigenvalue weighted by molar-refractivity contribution is -0.345. The van der Waals surface area contributed by atoms with Crippen molar-refractivity contribution in [3.05, 3.63) is 87.5 Å². The van der Waals surface area contributed by atoms with E-state index in [0.717, 1.165) is 41.8 Å². The highest BCUT2D eigenvalue weighted by Crippen LogP contribution is 2.42. The molecule has 2 aromatic carbocycles. The van der Waals surface area contributed by atoms with Crippen molar-refractivity contribution in [2.45, 2.75) is 233 Å². The molecular weight excluding hydrogens is 653 g/mol. The van der Waals surface area contributed by atoms with E-state index in [2.05, 4.69) is 76.2 Å². The van der Waals surface area contributed by atoms with E-state index in [1.165, 1.54) is 208 Å². The third-order valence-electron chi connectivity index (χ3n) is 12.1. The van der Waals surface area contributed by atoms with Crippen molar-refractivity contribution in [3.63, 3.8) is 0 Å². The topological polar surface area (TPSA) is 25.3 Å². The quantitative estimate of drug-likeness (QED) is 0.0505. The molecule has 1 aliphatic heterocycles. The number of nitrogens with zero attached hydrogens (tertiary/aromatic N) is 2. The largest absolute Gasteiger partial charge is 0.493 e. The molecule has 0 bridgehead atoms. The SMILES string of the molecule is CCCCCCCCCCCCCCCCCCCCCCCC1=C(c2cccc(CCCCCC)c2)[N+](=[N-])C(c2cccc(CCCCCC)c2)=C1C. The Balaban J connectivity index is 1.43. The predicted molar refractivity (Wildman–Crippen MR) is 239 cm³/mol. The maximum Gasteiger partial charge on any atom is 0.211 e. The standard InChI is InChI=1S/C52H84N2/c1-5-8-11-14-15-16-17-18-19-20-21-22-23-24-25-26-27-28-29-30-33-42-50-45(4)51(48-40-34-38-46(43-48)36-31-12-9-6-2)54(53)52(50)49-41-35-39-47(44-49)37-32-13-10-7-3/h34-35,38-41,43-44H,5-33,36-37,42H2,1-4H3. The summed E-state index contributed by atoms with van der Waals surface area (Å²) in [6.45, 7) is 9.11. The van der Waals surface area contributed by atoms with Gasteiger partial charge in [-0.3, -0.25) is 0 Å². The highest BCUT2D eigenvalue weighted by Gasteiger charge is 2.33. The summed E-state index contributed by atoms with van der Waals surface area (Å²) < 4.78 is 1.55. The molecule has 0 fully saturated rings. The minimum atomic E-state index is 0.979. The summed E-state index contributed by atoms with van der Waals surface area (Å²) in [4.78, 5) is 0. The van der Waals surface area contributed by atoms with Crippen LogP contribution >= 0.6 is 0 Å². The van der Waals surface area contributed by atoms with Gasteiger partial charge in [0.15, 0.2) is 0 Å². The summed E-state index contributed by atoms with van der Waals surface area (Å²) in [5.41, 5.74) is 21.6. The second-order valence-corrected chi connectivity index (χ2v) is 17.0. The Morgan fingerprint density at radius 3 is 1.09 bits per heavy atom. The first-order valence-corrected chi connectivity index (χ1v) is 23.7. The van der Waals surface area contributed by atoms with Crippen molar-refractivity contribution in [2.24, 2.45) is 0 Å². The van der Waals surface area contributed by atoms with E-state index in [0.29, 0.717) is 0 Å². The zero-order chi connectivity index (χ0) is 38.5. The van der Waals surface area contributed by atoms with Crippen LogP contribution in [0.3, 0.4) is 0 Å². The van der Waals surface area contributed by atoms with Crippen molar-refractivity contribution in [3.8, 4) is 0 Å². The van der Waals surface area contributed by atoms with Gasteiger partial charge in [0, 0.05) is 22.3 Å². The van der Waals surface area contributed by atoms with Crippen LogP contribution in [0, 0.1) is 0 Å². The number of unbranched alkanes of at least 4 members (excludes halogenated alkanes) is 26. The summed E-state index contributed by atoms with van der Waals surface area (Å²) >= 11 is 0. The van der Waals surface area contributed by atoms with Crippen LogP contribution in [0.15, 0.2) is 59.7 Å². The average Bonchev–Trinajstić information content (AvgIpc) is 3.44. The first kappa shape index (κ1) is 45.9. The van der Waals surface area contributed by atoms with Gasteiger partial charge < -0.3 is 5.53 Å². The molecule has 54 heavy (non-hydrogen) atoms. The van der Waals surface area contributed by atoms with Crippen LogP contribution in [-0.4, -0.2) is 4.70 Å². The zero-order valence-electron chi connectivity index (χ0n) is 36.1. The molecule has 0 N–H and O–H groups in total. The molecule has 1 heterocycles. The van der Waals surface area contributed by atoms with Crippen LogP contribution in [0.5, 0.6) is 0 Å². The van der Waals surface area contributed by atoms with Gasteiger partial charge in [-0.2, -0.15) is 0 Å². The van der Waals surface area contributed by atoms with Crippen molar-refractivity contribution < 1.29 is 4.70 Å². The highest BCUT2D eigenvalue weighted by atomic mass is 15.2. The van der Waals surface area contributed by atoms with Gasteiger partial charge in [-0.1, -0.05) is 212 Å². The summed E-state index contributed by atoms with van der Waals surface area (Å²) in [6.07, 6.45) is 43.1.